The van der Waals surface area contributed by atoms with Gasteiger partial charge in [-0.25, -0.2) is 0 Å². The standard InChI is InChI=1S/C8H16N2/c1-10-5-4-9-8(6-10)7-2-3-7/h7-9H,2-6H2,1H3/t8-/m0/s1. The summed E-state index contributed by atoms with van der Waals surface area (Å²) in [6.07, 6.45) is 2.93. The third-order valence-electron chi connectivity index (χ3n) is 2.60. The highest BCUT2D eigenvalue weighted by Gasteiger charge is 2.32. The van der Waals surface area contributed by atoms with Crippen LogP contribution in [0.2, 0.25) is 0 Å². The van der Waals surface area contributed by atoms with Crippen LogP contribution >= 0.6 is 0 Å². The van der Waals surface area contributed by atoms with Gasteiger partial charge in [0.15, 0.2) is 0 Å². The summed E-state index contributed by atoms with van der Waals surface area (Å²) in [6, 6.07) is 0.818. The predicted molar refractivity (Wildman–Crippen MR) is 42.0 cm³/mol. The van der Waals surface area contributed by atoms with Gasteiger partial charge in [-0.05, 0) is 25.8 Å². The Balaban J connectivity index is 1.84. The summed E-state index contributed by atoms with van der Waals surface area (Å²) in [5.41, 5.74) is 0. The van der Waals surface area contributed by atoms with Crippen LogP contribution < -0.4 is 5.32 Å². The van der Waals surface area contributed by atoms with E-state index in [9.17, 15) is 0 Å². The molecule has 0 aromatic heterocycles. The minimum atomic E-state index is 0.818. The van der Waals surface area contributed by atoms with Crippen LogP contribution in [0.3, 0.4) is 0 Å². The normalized spacial score (nSPS) is 36.3. The first-order valence-electron chi connectivity index (χ1n) is 4.28. The maximum atomic E-state index is 3.57. The van der Waals surface area contributed by atoms with E-state index in [4.69, 9.17) is 0 Å². The molecule has 2 heteroatoms. The summed E-state index contributed by atoms with van der Waals surface area (Å²) < 4.78 is 0. The van der Waals surface area contributed by atoms with Crippen molar-refractivity contribution in [3.05, 3.63) is 0 Å². The fourth-order valence-electron chi connectivity index (χ4n) is 1.75. The highest BCUT2D eigenvalue weighted by molar-refractivity contribution is 4.90. The summed E-state index contributed by atoms with van der Waals surface area (Å²) in [5, 5.41) is 3.57. The molecule has 2 rings (SSSR count). The average molecular weight is 140 g/mol. The predicted octanol–water partition coefficient (Wildman–Crippen LogP) is 0.300. The van der Waals surface area contributed by atoms with Gasteiger partial charge in [0.1, 0.15) is 0 Å². The molecule has 0 bridgehead atoms. The van der Waals surface area contributed by atoms with Gasteiger partial charge in [0.25, 0.3) is 0 Å². The quantitative estimate of drug-likeness (QED) is 0.563. The van der Waals surface area contributed by atoms with Crippen molar-refractivity contribution in [1.29, 1.82) is 0 Å². The molecule has 1 aliphatic heterocycles. The number of hydrogen-bond acceptors (Lipinski definition) is 2. The van der Waals surface area contributed by atoms with Crippen LogP contribution in [0.5, 0.6) is 0 Å². The van der Waals surface area contributed by atoms with Crippen LogP contribution in [0.15, 0.2) is 0 Å². The van der Waals surface area contributed by atoms with Crippen molar-refractivity contribution in [3.63, 3.8) is 0 Å². The summed E-state index contributed by atoms with van der Waals surface area (Å²) in [5.74, 6) is 1.02. The van der Waals surface area contributed by atoms with Crippen molar-refractivity contribution >= 4 is 0 Å². The molecule has 0 spiro atoms. The molecule has 2 aliphatic rings. The number of nitrogens with one attached hydrogen (secondary N) is 1. The molecular formula is C8H16N2. The lowest BCUT2D eigenvalue weighted by Gasteiger charge is -2.30. The maximum absolute atomic E-state index is 3.57. The van der Waals surface area contributed by atoms with Gasteiger partial charge in [0.2, 0.25) is 0 Å². The number of nitrogens with zero attached hydrogens (tertiary/aromatic N) is 1. The van der Waals surface area contributed by atoms with Crippen molar-refractivity contribution in [2.45, 2.75) is 18.9 Å². The van der Waals surface area contributed by atoms with Crippen LogP contribution in [0.1, 0.15) is 12.8 Å². The number of rotatable bonds is 1. The highest BCUT2D eigenvalue weighted by Crippen LogP contribution is 2.33. The first kappa shape index (κ1) is 6.62. The van der Waals surface area contributed by atoms with Crippen molar-refractivity contribution in [1.82, 2.24) is 10.2 Å². The molecule has 1 N–H and O–H groups in total. The molecule has 0 aromatic carbocycles. The number of piperazine rings is 1. The molecule has 1 saturated carbocycles. The lowest BCUT2D eigenvalue weighted by Crippen LogP contribution is -2.49. The van der Waals surface area contributed by atoms with Gasteiger partial charge in [0.05, 0.1) is 0 Å². The van der Waals surface area contributed by atoms with Crippen LogP contribution in [0.4, 0.5) is 0 Å². The Hall–Kier alpha value is -0.0800. The molecule has 58 valence electrons. The van der Waals surface area contributed by atoms with Crippen molar-refractivity contribution in [2.75, 3.05) is 26.7 Å². The van der Waals surface area contributed by atoms with Gasteiger partial charge in [-0.2, -0.15) is 0 Å². The molecule has 0 amide bonds. The zero-order chi connectivity index (χ0) is 6.97. The van der Waals surface area contributed by atoms with Crippen LogP contribution in [0, 0.1) is 5.92 Å². The Morgan fingerprint density at radius 2 is 2.20 bits per heavy atom. The Kier molecular flexibility index (Phi) is 1.66. The molecular weight excluding hydrogens is 124 g/mol. The van der Waals surface area contributed by atoms with E-state index in [1.807, 2.05) is 0 Å². The molecule has 2 fully saturated rings. The molecule has 1 heterocycles. The molecule has 0 aromatic rings. The van der Waals surface area contributed by atoms with Gasteiger partial charge < -0.3 is 10.2 Å². The largest absolute Gasteiger partial charge is 0.311 e. The van der Waals surface area contributed by atoms with Crippen LogP contribution in [0.25, 0.3) is 0 Å². The van der Waals surface area contributed by atoms with E-state index in [0.717, 1.165) is 12.0 Å². The first-order chi connectivity index (χ1) is 4.86. The monoisotopic (exact) mass is 140 g/mol. The Morgan fingerprint density at radius 3 is 2.80 bits per heavy atom. The second kappa shape index (κ2) is 2.51. The minimum Gasteiger partial charge on any atom is -0.311 e. The summed E-state index contributed by atoms with van der Waals surface area (Å²) in [7, 11) is 2.22. The summed E-state index contributed by atoms with van der Waals surface area (Å²) >= 11 is 0. The van der Waals surface area contributed by atoms with E-state index in [2.05, 4.69) is 17.3 Å². The fraction of sp³-hybridized carbons (Fsp3) is 1.00. The minimum absolute atomic E-state index is 0.818. The first-order valence-corrected chi connectivity index (χ1v) is 4.28. The van der Waals surface area contributed by atoms with E-state index in [-0.39, 0.29) is 0 Å². The molecule has 1 atom stereocenters. The van der Waals surface area contributed by atoms with E-state index in [1.165, 1.54) is 32.5 Å². The van der Waals surface area contributed by atoms with Crippen LogP contribution in [-0.4, -0.2) is 37.6 Å². The second-order valence-corrected chi connectivity index (χ2v) is 3.66. The molecule has 2 nitrogen and oxygen atoms in total. The molecule has 10 heavy (non-hydrogen) atoms. The Morgan fingerprint density at radius 1 is 1.40 bits per heavy atom. The lowest BCUT2D eigenvalue weighted by atomic mass is 10.1. The topological polar surface area (TPSA) is 15.3 Å². The van der Waals surface area contributed by atoms with Crippen molar-refractivity contribution < 1.29 is 0 Å². The number of likely N-dealkylation sites (N-methyl/N-ethyl adjacent to an activating group) is 1. The third kappa shape index (κ3) is 1.32. The van der Waals surface area contributed by atoms with Crippen molar-refractivity contribution in [2.24, 2.45) is 5.92 Å². The molecule has 1 saturated heterocycles. The van der Waals surface area contributed by atoms with Gasteiger partial charge in [-0.1, -0.05) is 0 Å². The molecule has 1 aliphatic carbocycles. The van der Waals surface area contributed by atoms with E-state index in [1.54, 1.807) is 0 Å². The SMILES string of the molecule is CN1CCN[C@H](C2CC2)C1. The summed E-state index contributed by atoms with van der Waals surface area (Å²) in [4.78, 5) is 2.43. The Bertz CT molecular complexity index is 120. The lowest BCUT2D eigenvalue weighted by molar-refractivity contribution is 0.224. The number of hydrogen-bond donors (Lipinski definition) is 1. The smallest absolute Gasteiger partial charge is 0.0223 e. The zero-order valence-corrected chi connectivity index (χ0v) is 6.64. The summed E-state index contributed by atoms with van der Waals surface area (Å²) in [6.45, 7) is 3.69. The van der Waals surface area contributed by atoms with Gasteiger partial charge in [-0.15, -0.1) is 0 Å². The highest BCUT2D eigenvalue weighted by atomic mass is 15.2. The van der Waals surface area contributed by atoms with E-state index < -0.39 is 0 Å². The second-order valence-electron chi connectivity index (χ2n) is 3.66. The average Bonchev–Trinajstić information content (AvgIpc) is 2.68. The third-order valence-corrected chi connectivity index (χ3v) is 2.60. The van der Waals surface area contributed by atoms with Crippen LogP contribution in [-0.2, 0) is 0 Å². The van der Waals surface area contributed by atoms with E-state index in [0.29, 0.717) is 0 Å². The van der Waals surface area contributed by atoms with Gasteiger partial charge in [0, 0.05) is 25.7 Å². The fourth-order valence-corrected chi connectivity index (χ4v) is 1.75. The molecule has 0 unspecified atom stereocenters. The Labute approximate surface area is 62.6 Å². The molecule has 0 radical (unpaired) electrons. The van der Waals surface area contributed by atoms with Crippen molar-refractivity contribution in [3.8, 4) is 0 Å². The van der Waals surface area contributed by atoms with Gasteiger partial charge in [-0.3, -0.25) is 0 Å². The van der Waals surface area contributed by atoms with E-state index >= 15 is 0 Å². The maximum Gasteiger partial charge on any atom is 0.0223 e. The van der Waals surface area contributed by atoms with Gasteiger partial charge >= 0.3 is 0 Å². The zero-order valence-electron chi connectivity index (χ0n) is 6.64.